The topological polar surface area (TPSA) is 0 Å². The molecule has 22 heavy (non-hydrogen) atoms. The van der Waals surface area contributed by atoms with Gasteiger partial charge in [-0.3, -0.25) is 0 Å². The predicted octanol–water partition coefficient (Wildman–Crippen LogP) is -6.20. The normalized spacial score (nSPS) is 18.9. The average Bonchev–Trinajstić information content (AvgIpc) is 2.15. The van der Waals surface area contributed by atoms with Crippen LogP contribution in [0, 0.1) is 0 Å². The van der Waals surface area contributed by atoms with Crippen LogP contribution < -0.4 is 49.6 Å². The fourth-order valence-corrected chi connectivity index (χ4v) is 2.23. The Morgan fingerprint density at radius 1 is 0.318 bits per heavy atom. The van der Waals surface area contributed by atoms with Crippen molar-refractivity contribution < 1.29 is 91.8 Å². The fraction of sp³-hybridized carbons (Fsp3) is 0.750. The molecule has 140 valence electrons. The van der Waals surface area contributed by atoms with Gasteiger partial charge in [0.2, 0.25) is 0 Å². The minimum atomic E-state index is 0. The molecule has 0 bridgehead atoms. The van der Waals surface area contributed by atoms with Crippen molar-refractivity contribution in [2.24, 2.45) is 0 Å². The van der Waals surface area contributed by atoms with E-state index >= 15 is 0 Å². The van der Waals surface area contributed by atoms with Crippen molar-refractivity contribution in [1.82, 2.24) is 0 Å². The van der Waals surface area contributed by atoms with Gasteiger partial charge >= 0.3 is 42.1 Å². The van der Waals surface area contributed by atoms with Crippen molar-refractivity contribution in [2.45, 2.75) is 77.0 Å². The number of halogens is 4. The van der Waals surface area contributed by atoms with Gasteiger partial charge in [-0.1, -0.05) is 50.0 Å². The van der Waals surface area contributed by atoms with Crippen LogP contribution in [0.2, 0.25) is 0 Å². The second kappa shape index (κ2) is 34.4. The van der Waals surface area contributed by atoms with Crippen molar-refractivity contribution in [3.8, 4) is 0 Å². The van der Waals surface area contributed by atoms with Crippen molar-refractivity contribution in [2.75, 3.05) is 0 Å². The second-order valence-electron chi connectivity index (χ2n) is 4.93. The van der Waals surface area contributed by atoms with Gasteiger partial charge in [-0.2, -0.15) is 0 Å². The maximum absolute atomic E-state index is 2.32. The molecule has 0 nitrogen and oxygen atoms in total. The third kappa shape index (κ3) is 30.0. The number of rotatable bonds is 0. The molecule has 0 N–H and O–H groups in total. The summed E-state index contributed by atoms with van der Waals surface area (Å²) in [5, 5.41) is 0. The zero-order valence-corrected chi connectivity index (χ0v) is 20.5. The molecule has 0 aromatic carbocycles. The standard InChI is InChI=1S/2C8H14.4ClH.2Pt/c2*1-2-4-6-8-7-5-3-1;;;;;;/h2*1-2H,3-8H2;4*1H;;/q;;;;;;2*+2/p-4/b2*2-1-;;;;;;. The molecule has 0 saturated carbocycles. The zero-order valence-electron chi connectivity index (χ0n) is 12.9. The first kappa shape index (κ1) is 39.2. The van der Waals surface area contributed by atoms with Crippen molar-refractivity contribution in [1.29, 1.82) is 0 Å². The molecule has 0 amide bonds. The molecule has 0 radical (unpaired) electrons. The maximum atomic E-state index is 2.32. The SMILES string of the molecule is C1=C\CCCCCC/1.C1=C\CCCCCC/1.[Cl-].[Cl-].[Cl-].[Cl-].[Pt+2].[Pt+2]. The van der Waals surface area contributed by atoms with Gasteiger partial charge in [0.1, 0.15) is 0 Å². The minimum Gasteiger partial charge on any atom is -1.00 e. The summed E-state index contributed by atoms with van der Waals surface area (Å²) in [5.74, 6) is 0. The van der Waals surface area contributed by atoms with Crippen LogP contribution in [-0.2, 0) is 42.1 Å². The van der Waals surface area contributed by atoms with E-state index in [1.807, 2.05) is 0 Å². The fourth-order valence-electron chi connectivity index (χ4n) is 2.23. The molecule has 0 aliphatic heterocycles. The molecule has 0 unspecified atom stereocenters. The van der Waals surface area contributed by atoms with Crippen LogP contribution in [-0.4, -0.2) is 0 Å². The van der Waals surface area contributed by atoms with Gasteiger partial charge in [0.15, 0.2) is 0 Å². The Bertz CT molecular complexity index is 170. The first-order valence-corrected chi connectivity index (χ1v) is 7.30. The summed E-state index contributed by atoms with van der Waals surface area (Å²) in [6.07, 6.45) is 26.0. The Hall–Kier alpha value is 2.02. The Labute approximate surface area is 191 Å². The van der Waals surface area contributed by atoms with Gasteiger partial charge in [0.05, 0.1) is 0 Å². The molecule has 0 aromatic rings. The van der Waals surface area contributed by atoms with E-state index in [0.717, 1.165) is 0 Å². The molecule has 2 aliphatic rings. The van der Waals surface area contributed by atoms with Crippen molar-refractivity contribution >= 4 is 0 Å². The molecule has 0 saturated heterocycles. The maximum Gasteiger partial charge on any atom is 2.00 e. The van der Waals surface area contributed by atoms with E-state index < -0.39 is 0 Å². The Morgan fingerprint density at radius 2 is 0.500 bits per heavy atom. The first-order valence-electron chi connectivity index (χ1n) is 7.30. The molecule has 0 fully saturated rings. The van der Waals surface area contributed by atoms with E-state index in [4.69, 9.17) is 0 Å². The van der Waals surface area contributed by atoms with Crippen LogP contribution in [0.1, 0.15) is 77.0 Å². The molecule has 2 aliphatic carbocycles. The summed E-state index contributed by atoms with van der Waals surface area (Å²) in [4.78, 5) is 0. The summed E-state index contributed by atoms with van der Waals surface area (Å²) in [6.45, 7) is 0. The van der Waals surface area contributed by atoms with Crippen molar-refractivity contribution in [3.05, 3.63) is 24.3 Å². The molecule has 0 spiro atoms. The molecule has 0 atom stereocenters. The quantitative estimate of drug-likeness (QED) is 0.217. The first-order chi connectivity index (χ1) is 8.00. The monoisotopic (exact) mass is 750 g/mol. The summed E-state index contributed by atoms with van der Waals surface area (Å²) in [7, 11) is 0. The average molecular weight is 752 g/mol. The molecule has 0 heterocycles. The van der Waals surface area contributed by atoms with Crippen LogP contribution in [0.25, 0.3) is 0 Å². The number of allylic oxidation sites excluding steroid dienone is 4. The van der Waals surface area contributed by atoms with Gasteiger partial charge in [0, 0.05) is 0 Å². The molecule has 2 rings (SSSR count). The minimum absolute atomic E-state index is 0. The predicted molar refractivity (Wildman–Crippen MR) is 73.7 cm³/mol. The van der Waals surface area contributed by atoms with E-state index in [-0.39, 0.29) is 91.8 Å². The van der Waals surface area contributed by atoms with Gasteiger partial charge < -0.3 is 49.6 Å². The summed E-state index contributed by atoms with van der Waals surface area (Å²) < 4.78 is 0. The van der Waals surface area contributed by atoms with Crippen LogP contribution >= 0.6 is 0 Å². The zero-order chi connectivity index (χ0) is 11.3. The summed E-state index contributed by atoms with van der Waals surface area (Å²) in [6, 6.07) is 0. The van der Waals surface area contributed by atoms with Gasteiger partial charge in [0.25, 0.3) is 0 Å². The van der Waals surface area contributed by atoms with Gasteiger partial charge in [-0.05, 0) is 51.4 Å². The van der Waals surface area contributed by atoms with E-state index in [1.165, 1.54) is 77.0 Å². The van der Waals surface area contributed by atoms with E-state index in [9.17, 15) is 0 Å². The van der Waals surface area contributed by atoms with E-state index in [1.54, 1.807) is 0 Å². The molecular weight excluding hydrogens is 724 g/mol. The molecule has 0 aromatic heterocycles. The third-order valence-corrected chi connectivity index (χ3v) is 3.32. The molecule has 6 heteroatoms. The van der Waals surface area contributed by atoms with E-state index in [0.29, 0.717) is 0 Å². The largest absolute Gasteiger partial charge is 2.00 e. The Morgan fingerprint density at radius 3 is 0.682 bits per heavy atom. The van der Waals surface area contributed by atoms with Gasteiger partial charge in [-0.15, -0.1) is 0 Å². The molecular formula is C16H28Cl4Pt2. The second-order valence-corrected chi connectivity index (χ2v) is 4.93. The van der Waals surface area contributed by atoms with Crippen LogP contribution in [0.5, 0.6) is 0 Å². The van der Waals surface area contributed by atoms with Gasteiger partial charge in [-0.25, -0.2) is 0 Å². The third-order valence-electron chi connectivity index (χ3n) is 3.32. The summed E-state index contributed by atoms with van der Waals surface area (Å²) in [5.41, 5.74) is 0. The van der Waals surface area contributed by atoms with Crippen LogP contribution in [0.15, 0.2) is 24.3 Å². The number of hydrogen-bond donors (Lipinski definition) is 0. The van der Waals surface area contributed by atoms with Crippen LogP contribution in [0.4, 0.5) is 0 Å². The van der Waals surface area contributed by atoms with Crippen LogP contribution in [0.3, 0.4) is 0 Å². The Kier molecular flexibility index (Phi) is 61.2. The Balaban J connectivity index is -0.0000000457. The summed E-state index contributed by atoms with van der Waals surface area (Å²) >= 11 is 0. The smallest absolute Gasteiger partial charge is 1.00 e. The van der Waals surface area contributed by atoms with E-state index in [2.05, 4.69) is 24.3 Å². The van der Waals surface area contributed by atoms with Crippen molar-refractivity contribution in [3.63, 3.8) is 0 Å². The number of hydrogen-bond acceptors (Lipinski definition) is 0.